The van der Waals surface area contributed by atoms with E-state index in [1.807, 2.05) is 26.0 Å². The van der Waals surface area contributed by atoms with Gasteiger partial charge in [0.2, 0.25) is 0 Å². The van der Waals surface area contributed by atoms with Crippen LogP contribution in [0.15, 0.2) is 18.2 Å². The zero-order valence-electron chi connectivity index (χ0n) is 8.97. The van der Waals surface area contributed by atoms with E-state index in [0.29, 0.717) is 5.02 Å². The summed E-state index contributed by atoms with van der Waals surface area (Å²) in [5, 5.41) is 3.83. The molecule has 0 spiro atoms. The number of likely N-dealkylation sites (N-methyl/N-ethyl adjacent to an activating group) is 1. The molecule has 15 heavy (non-hydrogen) atoms. The van der Waals surface area contributed by atoms with Gasteiger partial charge in [-0.1, -0.05) is 11.6 Å². The standard InChI is InChI=1S/C11H13ClN2O/c1-11(2)10(15)14(3)9-6-7(12)4-5-8(9)13-11/h4-6,13H,1-3H3. The van der Waals surface area contributed by atoms with Gasteiger partial charge in [-0.25, -0.2) is 0 Å². The van der Waals surface area contributed by atoms with Crippen molar-refractivity contribution >= 4 is 28.9 Å². The van der Waals surface area contributed by atoms with Crippen LogP contribution in [0.2, 0.25) is 5.02 Å². The third kappa shape index (κ3) is 1.57. The quantitative estimate of drug-likeness (QED) is 0.735. The Morgan fingerprint density at radius 2 is 2.07 bits per heavy atom. The molecule has 1 aliphatic rings. The van der Waals surface area contributed by atoms with Crippen LogP contribution < -0.4 is 10.2 Å². The molecule has 1 amide bonds. The number of carbonyl (C=O) groups excluding carboxylic acids is 1. The third-order valence-corrected chi connectivity index (χ3v) is 2.84. The Morgan fingerprint density at radius 3 is 2.73 bits per heavy atom. The molecule has 0 aliphatic carbocycles. The Morgan fingerprint density at radius 1 is 1.40 bits per heavy atom. The monoisotopic (exact) mass is 224 g/mol. The zero-order valence-corrected chi connectivity index (χ0v) is 9.72. The van der Waals surface area contributed by atoms with Crippen molar-refractivity contribution in [3.8, 4) is 0 Å². The van der Waals surface area contributed by atoms with Gasteiger partial charge in [0.05, 0.1) is 11.4 Å². The van der Waals surface area contributed by atoms with Gasteiger partial charge >= 0.3 is 0 Å². The zero-order chi connectivity index (χ0) is 11.2. The van der Waals surface area contributed by atoms with Crippen LogP contribution in [0.25, 0.3) is 0 Å². The normalized spacial score (nSPS) is 18.4. The van der Waals surface area contributed by atoms with E-state index in [1.54, 1.807) is 18.0 Å². The molecule has 0 atom stereocenters. The predicted molar refractivity (Wildman–Crippen MR) is 62.6 cm³/mol. The smallest absolute Gasteiger partial charge is 0.251 e. The SMILES string of the molecule is CN1C(=O)C(C)(C)Nc2ccc(Cl)cc21. The van der Waals surface area contributed by atoms with Crippen molar-refractivity contribution in [2.24, 2.45) is 0 Å². The number of rotatable bonds is 0. The Kier molecular flexibility index (Phi) is 2.15. The first-order chi connectivity index (χ1) is 6.92. The molecule has 4 heteroatoms. The Bertz CT molecular complexity index is 429. The number of hydrogen-bond donors (Lipinski definition) is 1. The number of nitrogens with one attached hydrogen (secondary N) is 1. The molecule has 0 saturated heterocycles. The first kappa shape index (κ1) is 10.3. The van der Waals surface area contributed by atoms with Crippen LogP contribution in [0.1, 0.15) is 13.8 Å². The number of hydrogen-bond acceptors (Lipinski definition) is 2. The maximum absolute atomic E-state index is 11.9. The van der Waals surface area contributed by atoms with Gasteiger partial charge in [0.15, 0.2) is 0 Å². The van der Waals surface area contributed by atoms with Gasteiger partial charge in [0, 0.05) is 12.1 Å². The molecule has 80 valence electrons. The van der Waals surface area contributed by atoms with Crippen molar-refractivity contribution in [3.63, 3.8) is 0 Å². The second-order valence-electron chi connectivity index (χ2n) is 4.28. The minimum atomic E-state index is -0.560. The average molecular weight is 225 g/mol. The van der Waals surface area contributed by atoms with E-state index in [-0.39, 0.29) is 5.91 Å². The van der Waals surface area contributed by atoms with E-state index in [4.69, 9.17) is 11.6 Å². The van der Waals surface area contributed by atoms with E-state index in [2.05, 4.69) is 5.32 Å². The summed E-state index contributed by atoms with van der Waals surface area (Å²) in [5.74, 6) is 0.0391. The molecule has 1 heterocycles. The molecule has 0 radical (unpaired) electrons. The molecule has 0 saturated carbocycles. The molecule has 1 aromatic rings. The molecular weight excluding hydrogens is 212 g/mol. The summed E-state index contributed by atoms with van der Waals surface area (Å²) in [4.78, 5) is 13.6. The topological polar surface area (TPSA) is 32.3 Å². The number of anilines is 2. The predicted octanol–water partition coefficient (Wildman–Crippen LogP) is 2.51. The summed E-state index contributed by atoms with van der Waals surface area (Å²) in [6.07, 6.45) is 0. The first-order valence-corrected chi connectivity index (χ1v) is 5.15. The van der Waals surface area contributed by atoms with Crippen LogP contribution in [0, 0.1) is 0 Å². The number of carbonyl (C=O) groups is 1. The van der Waals surface area contributed by atoms with Gasteiger partial charge in [-0.3, -0.25) is 4.79 Å². The van der Waals surface area contributed by atoms with Gasteiger partial charge in [0.25, 0.3) is 5.91 Å². The summed E-state index contributed by atoms with van der Waals surface area (Å²) in [7, 11) is 1.76. The number of fused-ring (bicyclic) bond motifs is 1. The van der Waals surface area contributed by atoms with Crippen molar-refractivity contribution in [1.29, 1.82) is 0 Å². The summed E-state index contributed by atoms with van der Waals surface area (Å²) < 4.78 is 0. The highest BCUT2D eigenvalue weighted by Gasteiger charge is 2.36. The Balaban J connectivity index is 2.55. The molecule has 3 nitrogen and oxygen atoms in total. The fraction of sp³-hybridized carbons (Fsp3) is 0.364. The lowest BCUT2D eigenvalue weighted by atomic mass is 9.99. The summed E-state index contributed by atoms with van der Waals surface area (Å²) in [6, 6.07) is 5.49. The molecule has 1 N–H and O–H groups in total. The van der Waals surface area contributed by atoms with E-state index in [1.165, 1.54) is 0 Å². The lowest BCUT2D eigenvalue weighted by Crippen LogP contribution is -2.52. The van der Waals surface area contributed by atoms with Crippen LogP contribution in [-0.4, -0.2) is 18.5 Å². The van der Waals surface area contributed by atoms with Crippen LogP contribution in [-0.2, 0) is 4.79 Å². The molecule has 0 bridgehead atoms. The number of benzene rings is 1. The number of amides is 1. The minimum Gasteiger partial charge on any atom is -0.370 e. The maximum atomic E-state index is 11.9. The molecule has 0 unspecified atom stereocenters. The van der Waals surface area contributed by atoms with E-state index in [9.17, 15) is 4.79 Å². The fourth-order valence-corrected chi connectivity index (χ4v) is 1.97. The van der Waals surface area contributed by atoms with Crippen LogP contribution in [0.4, 0.5) is 11.4 Å². The first-order valence-electron chi connectivity index (χ1n) is 4.78. The van der Waals surface area contributed by atoms with Gasteiger partial charge in [-0.2, -0.15) is 0 Å². The molecule has 1 aromatic carbocycles. The van der Waals surface area contributed by atoms with Crippen molar-refractivity contribution in [1.82, 2.24) is 0 Å². The number of halogens is 1. The lowest BCUT2D eigenvalue weighted by Gasteiger charge is -2.38. The minimum absolute atomic E-state index is 0.0391. The molecule has 1 aliphatic heterocycles. The maximum Gasteiger partial charge on any atom is 0.251 e. The largest absolute Gasteiger partial charge is 0.370 e. The average Bonchev–Trinajstić information content (AvgIpc) is 2.16. The van der Waals surface area contributed by atoms with Crippen molar-refractivity contribution < 1.29 is 4.79 Å². The van der Waals surface area contributed by atoms with Crippen LogP contribution >= 0.6 is 11.6 Å². The Labute approximate surface area is 94.0 Å². The second-order valence-corrected chi connectivity index (χ2v) is 4.71. The highest BCUT2D eigenvalue weighted by Crippen LogP contribution is 2.35. The molecule has 2 rings (SSSR count). The van der Waals surface area contributed by atoms with Gasteiger partial charge in [-0.05, 0) is 32.0 Å². The number of nitrogens with zero attached hydrogens (tertiary/aromatic N) is 1. The summed E-state index contributed by atoms with van der Waals surface area (Å²) in [5.41, 5.74) is 1.20. The highest BCUT2D eigenvalue weighted by molar-refractivity contribution is 6.31. The van der Waals surface area contributed by atoms with E-state index in [0.717, 1.165) is 11.4 Å². The molecular formula is C11H13ClN2O. The van der Waals surface area contributed by atoms with Gasteiger partial charge in [0.1, 0.15) is 5.54 Å². The summed E-state index contributed by atoms with van der Waals surface area (Å²) in [6.45, 7) is 3.73. The Hall–Kier alpha value is -1.22. The van der Waals surface area contributed by atoms with Crippen molar-refractivity contribution in [2.45, 2.75) is 19.4 Å². The van der Waals surface area contributed by atoms with E-state index < -0.39 is 5.54 Å². The van der Waals surface area contributed by atoms with E-state index >= 15 is 0 Å². The second kappa shape index (κ2) is 3.14. The van der Waals surface area contributed by atoms with Crippen molar-refractivity contribution in [2.75, 3.05) is 17.3 Å². The molecule has 0 aromatic heterocycles. The van der Waals surface area contributed by atoms with Gasteiger partial charge < -0.3 is 10.2 Å². The highest BCUT2D eigenvalue weighted by atomic mass is 35.5. The van der Waals surface area contributed by atoms with Crippen molar-refractivity contribution in [3.05, 3.63) is 23.2 Å². The molecule has 0 fully saturated rings. The third-order valence-electron chi connectivity index (χ3n) is 2.61. The summed E-state index contributed by atoms with van der Waals surface area (Å²) >= 11 is 5.90. The van der Waals surface area contributed by atoms with Crippen LogP contribution in [0.3, 0.4) is 0 Å². The van der Waals surface area contributed by atoms with Gasteiger partial charge in [-0.15, -0.1) is 0 Å². The lowest BCUT2D eigenvalue weighted by molar-refractivity contribution is -0.121. The van der Waals surface area contributed by atoms with Crippen LogP contribution in [0.5, 0.6) is 0 Å². The fourth-order valence-electron chi connectivity index (χ4n) is 1.81.